The van der Waals surface area contributed by atoms with Crippen molar-refractivity contribution in [2.75, 3.05) is 70.5 Å². The molecule has 154 valence electrons. The van der Waals surface area contributed by atoms with Crippen molar-refractivity contribution >= 4 is 11.6 Å². The van der Waals surface area contributed by atoms with E-state index in [0.717, 1.165) is 71.5 Å². The van der Waals surface area contributed by atoms with E-state index in [4.69, 9.17) is 9.73 Å². The molecule has 0 aliphatic carbocycles. The van der Waals surface area contributed by atoms with E-state index in [1.807, 2.05) is 0 Å². The lowest BCUT2D eigenvalue weighted by Crippen LogP contribution is -2.46. The molecule has 28 heavy (non-hydrogen) atoms. The van der Waals surface area contributed by atoms with Crippen molar-refractivity contribution in [3.05, 3.63) is 30.3 Å². The molecule has 2 unspecified atom stereocenters. The Balaban J connectivity index is 1.31. The molecular formula is C22H35N5O. The lowest BCUT2D eigenvalue weighted by molar-refractivity contribution is 0.0195. The van der Waals surface area contributed by atoms with Gasteiger partial charge in [-0.05, 0) is 37.8 Å². The van der Waals surface area contributed by atoms with Crippen LogP contribution in [0.1, 0.15) is 19.8 Å². The number of ether oxygens (including phenoxy) is 1. The van der Waals surface area contributed by atoms with Gasteiger partial charge in [-0.15, -0.1) is 0 Å². The van der Waals surface area contributed by atoms with Crippen molar-refractivity contribution in [1.29, 1.82) is 0 Å². The molecule has 0 saturated carbocycles. The summed E-state index contributed by atoms with van der Waals surface area (Å²) in [6.45, 7) is 12.4. The van der Waals surface area contributed by atoms with Gasteiger partial charge in [-0.2, -0.15) is 0 Å². The van der Waals surface area contributed by atoms with Crippen LogP contribution < -0.4 is 10.2 Å². The van der Waals surface area contributed by atoms with Gasteiger partial charge < -0.3 is 19.9 Å². The predicted molar refractivity (Wildman–Crippen MR) is 115 cm³/mol. The van der Waals surface area contributed by atoms with Gasteiger partial charge in [0.05, 0.1) is 13.2 Å². The molecule has 4 rings (SSSR count). The van der Waals surface area contributed by atoms with Crippen LogP contribution in [0.4, 0.5) is 5.69 Å². The first-order valence-corrected chi connectivity index (χ1v) is 11.0. The van der Waals surface area contributed by atoms with Crippen molar-refractivity contribution in [2.45, 2.75) is 25.8 Å². The van der Waals surface area contributed by atoms with Crippen molar-refractivity contribution < 1.29 is 4.74 Å². The van der Waals surface area contributed by atoms with Gasteiger partial charge in [0.15, 0.2) is 5.96 Å². The van der Waals surface area contributed by atoms with Crippen LogP contribution >= 0.6 is 0 Å². The first kappa shape index (κ1) is 19.5. The highest BCUT2D eigenvalue weighted by atomic mass is 16.5. The topological polar surface area (TPSA) is 43.3 Å². The molecule has 1 aromatic rings. The number of nitrogens with zero attached hydrogens (tertiary/aromatic N) is 4. The number of anilines is 1. The summed E-state index contributed by atoms with van der Waals surface area (Å²) in [5, 5.41) is 3.53. The number of hydrogen-bond donors (Lipinski definition) is 1. The first-order valence-electron chi connectivity index (χ1n) is 11.0. The minimum absolute atomic E-state index is 0.645. The van der Waals surface area contributed by atoms with Gasteiger partial charge in [0.25, 0.3) is 0 Å². The SMILES string of the molecule is CCNC(=NCC1CCN(c2ccccc2)C1)N1CCC(N2CCOCC2)C1. The summed E-state index contributed by atoms with van der Waals surface area (Å²) in [4.78, 5) is 12.6. The summed E-state index contributed by atoms with van der Waals surface area (Å²) in [6.07, 6.45) is 2.46. The molecular weight excluding hydrogens is 350 g/mol. The Kier molecular flexibility index (Phi) is 6.70. The molecule has 0 amide bonds. The second-order valence-corrected chi connectivity index (χ2v) is 8.17. The molecule has 1 aromatic carbocycles. The van der Waals surface area contributed by atoms with E-state index in [1.165, 1.54) is 18.5 Å². The molecule has 1 N–H and O–H groups in total. The molecule has 3 fully saturated rings. The first-order chi connectivity index (χ1) is 13.8. The van der Waals surface area contributed by atoms with Crippen LogP contribution in [0.5, 0.6) is 0 Å². The number of rotatable bonds is 5. The third-order valence-electron chi connectivity index (χ3n) is 6.27. The number of nitrogens with one attached hydrogen (secondary N) is 1. The summed E-state index contributed by atoms with van der Waals surface area (Å²) in [5.41, 5.74) is 1.34. The maximum atomic E-state index is 5.51. The fraction of sp³-hybridized carbons (Fsp3) is 0.682. The van der Waals surface area contributed by atoms with Crippen molar-refractivity contribution in [2.24, 2.45) is 10.9 Å². The van der Waals surface area contributed by atoms with Crippen LogP contribution in [0, 0.1) is 5.92 Å². The zero-order valence-electron chi connectivity index (χ0n) is 17.2. The van der Waals surface area contributed by atoms with Gasteiger partial charge in [-0.25, -0.2) is 0 Å². The monoisotopic (exact) mass is 385 g/mol. The third-order valence-corrected chi connectivity index (χ3v) is 6.27. The van der Waals surface area contributed by atoms with Gasteiger partial charge >= 0.3 is 0 Å². The van der Waals surface area contributed by atoms with E-state index in [2.05, 4.69) is 57.3 Å². The Morgan fingerprint density at radius 2 is 1.89 bits per heavy atom. The zero-order chi connectivity index (χ0) is 19.2. The molecule has 3 aliphatic heterocycles. The highest BCUT2D eigenvalue weighted by molar-refractivity contribution is 5.80. The molecule has 3 heterocycles. The Morgan fingerprint density at radius 3 is 2.68 bits per heavy atom. The van der Waals surface area contributed by atoms with E-state index >= 15 is 0 Å². The van der Waals surface area contributed by atoms with Gasteiger partial charge in [-0.3, -0.25) is 9.89 Å². The summed E-state index contributed by atoms with van der Waals surface area (Å²) in [6, 6.07) is 11.4. The van der Waals surface area contributed by atoms with Crippen molar-refractivity contribution in [3.8, 4) is 0 Å². The summed E-state index contributed by atoms with van der Waals surface area (Å²) in [5.74, 6) is 1.75. The molecule has 0 bridgehead atoms. The molecule has 3 aliphatic rings. The summed E-state index contributed by atoms with van der Waals surface area (Å²) >= 11 is 0. The molecule has 6 nitrogen and oxygen atoms in total. The largest absolute Gasteiger partial charge is 0.379 e. The molecule has 6 heteroatoms. The average molecular weight is 386 g/mol. The van der Waals surface area contributed by atoms with E-state index < -0.39 is 0 Å². The van der Waals surface area contributed by atoms with Gasteiger partial charge in [0.1, 0.15) is 0 Å². The van der Waals surface area contributed by atoms with Crippen LogP contribution in [-0.2, 0) is 4.74 Å². The Bertz CT molecular complexity index is 631. The summed E-state index contributed by atoms with van der Waals surface area (Å²) < 4.78 is 5.51. The standard InChI is InChI=1S/C22H35N5O/c1-2-23-22(27-11-9-21(18-27)25-12-14-28-15-13-25)24-16-19-8-10-26(17-19)20-6-4-3-5-7-20/h3-7,19,21H,2,8-18H2,1H3,(H,23,24). The van der Waals surface area contributed by atoms with Crippen LogP contribution in [-0.4, -0.2) is 87.4 Å². The third kappa shape index (κ3) is 4.78. The zero-order valence-corrected chi connectivity index (χ0v) is 17.2. The summed E-state index contributed by atoms with van der Waals surface area (Å²) in [7, 11) is 0. The van der Waals surface area contributed by atoms with Crippen LogP contribution in [0.2, 0.25) is 0 Å². The molecule has 0 radical (unpaired) electrons. The van der Waals surface area contributed by atoms with Crippen LogP contribution in [0.25, 0.3) is 0 Å². The average Bonchev–Trinajstić information content (AvgIpc) is 3.43. The number of aliphatic imine (C=N–C) groups is 1. The fourth-order valence-electron chi connectivity index (χ4n) is 4.67. The number of morpholine rings is 1. The van der Waals surface area contributed by atoms with Gasteiger partial charge in [0, 0.05) is 64.1 Å². The predicted octanol–water partition coefficient (Wildman–Crippen LogP) is 1.88. The van der Waals surface area contributed by atoms with Crippen molar-refractivity contribution in [1.82, 2.24) is 15.1 Å². The maximum Gasteiger partial charge on any atom is 0.193 e. The molecule has 2 atom stereocenters. The number of likely N-dealkylation sites (tertiary alicyclic amines) is 1. The highest BCUT2D eigenvalue weighted by Gasteiger charge is 2.30. The lowest BCUT2D eigenvalue weighted by atomic mass is 10.1. The maximum absolute atomic E-state index is 5.51. The van der Waals surface area contributed by atoms with E-state index in [1.54, 1.807) is 0 Å². The van der Waals surface area contributed by atoms with Crippen molar-refractivity contribution in [3.63, 3.8) is 0 Å². The molecule has 0 spiro atoms. The highest BCUT2D eigenvalue weighted by Crippen LogP contribution is 2.24. The Labute approximate surface area is 169 Å². The van der Waals surface area contributed by atoms with E-state index in [-0.39, 0.29) is 0 Å². The molecule has 0 aromatic heterocycles. The molecule has 3 saturated heterocycles. The Morgan fingerprint density at radius 1 is 1.07 bits per heavy atom. The fourth-order valence-corrected chi connectivity index (χ4v) is 4.67. The quantitative estimate of drug-likeness (QED) is 0.619. The van der Waals surface area contributed by atoms with Gasteiger partial charge in [-0.1, -0.05) is 18.2 Å². The van der Waals surface area contributed by atoms with Crippen LogP contribution in [0.3, 0.4) is 0 Å². The van der Waals surface area contributed by atoms with Crippen LogP contribution in [0.15, 0.2) is 35.3 Å². The number of guanidine groups is 1. The Hall–Kier alpha value is -1.79. The normalized spacial score (nSPS) is 26.8. The number of benzene rings is 1. The lowest BCUT2D eigenvalue weighted by Gasteiger charge is -2.32. The second kappa shape index (κ2) is 9.61. The van der Waals surface area contributed by atoms with Gasteiger partial charge in [0.2, 0.25) is 0 Å². The number of hydrogen-bond acceptors (Lipinski definition) is 4. The van der Waals surface area contributed by atoms with E-state index in [9.17, 15) is 0 Å². The smallest absolute Gasteiger partial charge is 0.193 e. The minimum Gasteiger partial charge on any atom is -0.379 e. The minimum atomic E-state index is 0.645. The number of para-hydroxylation sites is 1. The second-order valence-electron chi connectivity index (χ2n) is 8.17. The van der Waals surface area contributed by atoms with E-state index in [0.29, 0.717) is 12.0 Å².